The van der Waals surface area contributed by atoms with Crippen molar-refractivity contribution in [1.29, 1.82) is 0 Å². The van der Waals surface area contributed by atoms with E-state index in [1.165, 1.54) is 12.1 Å². The summed E-state index contributed by atoms with van der Waals surface area (Å²) in [6.45, 7) is 1.86. The normalized spacial score (nSPS) is 12.1. The Morgan fingerprint density at radius 3 is 2.12 bits per heavy atom. The number of carbonyl (C=O) groups is 2. The lowest BCUT2D eigenvalue weighted by molar-refractivity contribution is -0.137. The zero-order valence-electron chi connectivity index (χ0n) is 21.4. The maximum atomic E-state index is 13.5. The molecular weight excluding hydrogens is 515 g/mol. The smallest absolute Gasteiger partial charge is 0.345 e. The molecule has 0 saturated heterocycles. The number of para-hydroxylation sites is 1. The average Bonchev–Trinajstić information content (AvgIpc) is 2.96. The minimum atomic E-state index is -4.47. The highest BCUT2D eigenvalue weighted by Gasteiger charge is 2.30. The summed E-state index contributed by atoms with van der Waals surface area (Å²) in [4.78, 5) is 31.5. The minimum absolute atomic E-state index is 0.0729. The summed E-state index contributed by atoms with van der Waals surface area (Å²) < 4.78 is 39.2. The molecule has 0 fully saturated rings. The molecule has 5 rings (SSSR count). The fourth-order valence-electron chi connectivity index (χ4n) is 4.43. The first kappa shape index (κ1) is 26.6. The Labute approximate surface area is 228 Å². The molecule has 2 amide bonds. The van der Waals surface area contributed by atoms with Crippen molar-refractivity contribution in [3.05, 3.63) is 131 Å². The van der Waals surface area contributed by atoms with Crippen LogP contribution in [-0.2, 0) is 6.18 Å². The molecule has 1 aromatic heterocycles. The number of pyridine rings is 1. The number of alkyl halides is 3. The van der Waals surface area contributed by atoms with Gasteiger partial charge in [0.25, 0.3) is 11.8 Å². The number of nitrogens with zero attached hydrogens (tertiary/aromatic N) is 1. The molecule has 0 bridgehead atoms. The van der Waals surface area contributed by atoms with Gasteiger partial charge >= 0.3 is 6.18 Å². The van der Waals surface area contributed by atoms with Gasteiger partial charge in [-0.2, -0.15) is 13.2 Å². The lowest BCUT2D eigenvalue weighted by Crippen LogP contribution is -2.28. The van der Waals surface area contributed by atoms with Gasteiger partial charge in [-0.3, -0.25) is 9.59 Å². The number of nitrogens with one attached hydrogen (secondary N) is 2. The summed E-state index contributed by atoms with van der Waals surface area (Å²) >= 11 is 0. The Kier molecular flexibility index (Phi) is 7.33. The summed E-state index contributed by atoms with van der Waals surface area (Å²) in [5.74, 6) is -0.895. The van der Waals surface area contributed by atoms with Crippen molar-refractivity contribution in [2.45, 2.75) is 19.1 Å². The van der Waals surface area contributed by atoms with Crippen LogP contribution < -0.4 is 10.6 Å². The van der Waals surface area contributed by atoms with Gasteiger partial charge in [-0.15, -0.1) is 0 Å². The molecule has 0 spiro atoms. The van der Waals surface area contributed by atoms with E-state index in [1.807, 2.05) is 49.4 Å². The van der Waals surface area contributed by atoms with Crippen molar-refractivity contribution >= 4 is 28.5 Å². The zero-order valence-corrected chi connectivity index (χ0v) is 21.4. The SMILES string of the molecule is CC(NC(=O)c1cc2ccccc2nc1NC(=O)c1ccccc1-c1ccc(C(F)(F)F)cc1)c1ccccc1. The van der Waals surface area contributed by atoms with Crippen LogP contribution in [0.1, 0.15) is 44.8 Å². The average molecular weight is 540 g/mol. The third-order valence-electron chi connectivity index (χ3n) is 6.54. The van der Waals surface area contributed by atoms with E-state index in [1.54, 1.807) is 42.5 Å². The molecule has 40 heavy (non-hydrogen) atoms. The lowest BCUT2D eigenvalue weighted by Gasteiger charge is -2.17. The second kappa shape index (κ2) is 11.0. The van der Waals surface area contributed by atoms with E-state index in [-0.39, 0.29) is 23.0 Å². The van der Waals surface area contributed by atoms with Crippen LogP contribution in [0.2, 0.25) is 0 Å². The molecule has 0 aliphatic carbocycles. The summed E-state index contributed by atoms with van der Waals surface area (Å²) in [6, 6.07) is 29.3. The number of halogens is 3. The summed E-state index contributed by atoms with van der Waals surface area (Å²) in [6.07, 6.45) is -4.47. The number of carbonyl (C=O) groups excluding carboxylic acids is 2. The molecule has 0 radical (unpaired) electrons. The first-order chi connectivity index (χ1) is 19.2. The van der Waals surface area contributed by atoms with Crippen LogP contribution in [0.4, 0.5) is 19.0 Å². The summed E-state index contributed by atoms with van der Waals surface area (Å²) in [5, 5.41) is 6.46. The molecule has 0 aliphatic rings. The molecule has 5 aromatic rings. The monoisotopic (exact) mass is 539 g/mol. The topological polar surface area (TPSA) is 71.1 Å². The molecular formula is C32H24F3N3O2. The number of hydrogen-bond donors (Lipinski definition) is 2. The standard InChI is InChI=1S/C32H24F3N3O2/c1-20(21-9-3-2-4-10-21)36-31(40)27-19-23-11-5-8-14-28(23)37-29(27)38-30(39)26-13-7-6-12-25(26)22-15-17-24(18-16-22)32(33,34)35/h2-20H,1H3,(H,36,40)(H,37,38,39). The molecule has 5 nitrogen and oxygen atoms in total. The highest BCUT2D eigenvalue weighted by Crippen LogP contribution is 2.32. The number of benzene rings is 4. The van der Waals surface area contributed by atoms with E-state index in [0.717, 1.165) is 23.1 Å². The molecule has 1 atom stereocenters. The number of hydrogen-bond acceptors (Lipinski definition) is 3. The number of rotatable bonds is 6. The number of aromatic nitrogens is 1. The minimum Gasteiger partial charge on any atom is -0.345 e. The van der Waals surface area contributed by atoms with Crippen molar-refractivity contribution in [1.82, 2.24) is 10.3 Å². The Morgan fingerprint density at radius 1 is 0.750 bits per heavy atom. The van der Waals surface area contributed by atoms with Crippen LogP contribution in [0.15, 0.2) is 109 Å². The van der Waals surface area contributed by atoms with Crippen molar-refractivity contribution in [3.8, 4) is 11.1 Å². The third-order valence-corrected chi connectivity index (χ3v) is 6.54. The number of fused-ring (bicyclic) bond motifs is 1. The maximum absolute atomic E-state index is 13.5. The molecule has 2 N–H and O–H groups in total. The van der Waals surface area contributed by atoms with E-state index >= 15 is 0 Å². The predicted octanol–water partition coefficient (Wildman–Crippen LogP) is 7.66. The third kappa shape index (κ3) is 5.71. The highest BCUT2D eigenvalue weighted by molar-refractivity contribution is 6.12. The molecule has 0 aliphatic heterocycles. The van der Waals surface area contributed by atoms with Gasteiger partial charge in [-0.05, 0) is 53.9 Å². The van der Waals surface area contributed by atoms with E-state index in [0.29, 0.717) is 16.6 Å². The van der Waals surface area contributed by atoms with Crippen LogP contribution in [0.5, 0.6) is 0 Å². The Bertz CT molecular complexity index is 1680. The van der Waals surface area contributed by atoms with Gasteiger partial charge in [0, 0.05) is 10.9 Å². The number of amides is 2. The van der Waals surface area contributed by atoms with Gasteiger partial charge in [0.15, 0.2) is 0 Å². The lowest BCUT2D eigenvalue weighted by atomic mass is 9.98. The largest absolute Gasteiger partial charge is 0.416 e. The van der Waals surface area contributed by atoms with Gasteiger partial charge in [-0.25, -0.2) is 4.98 Å². The van der Waals surface area contributed by atoms with Gasteiger partial charge in [0.1, 0.15) is 5.82 Å². The van der Waals surface area contributed by atoms with E-state index < -0.39 is 23.6 Å². The van der Waals surface area contributed by atoms with E-state index in [2.05, 4.69) is 15.6 Å². The van der Waals surface area contributed by atoms with E-state index in [9.17, 15) is 22.8 Å². The second-order valence-corrected chi connectivity index (χ2v) is 9.26. The first-order valence-corrected chi connectivity index (χ1v) is 12.5. The van der Waals surface area contributed by atoms with Crippen LogP contribution in [-0.4, -0.2) is 16.8 Å². The van der Waals surface area contributed by atoms with Crippen molar-refractivity contribution in [2.24, 2.45) is 0 Å². The highest BCUT2D eigenvalue weighted by atomic mass is 19.4. The molecule has 8 heteroatoms. The maximum Gasteiger partial charge on any atom is 0.416 e. The fourth-order valence-corrected chi connectivity index (χ4v) is 4.43. The summed E-state index contributed by atoms with van der Waals surface area (Å²) in [7, 11) is 0. The molecule has 1 unspecified atom stereocenters. The first-order valence-electron chi connectivity index (χ1n) is 12.5. The van der Waals surface area contributed by atoms with Gasteiger partial charge < -0.3 is 10.6 Å². The van der Waals surface area contributed by atoms with Gasteiger partial charge in [0.2, 0.25) is 0 Å². The Balaban J connectivity index is 1.48. The van der Waals surface area contributed by atoms with Crippen molar-refractivity contribution < 1.29 is 22.8 Å². The van der Waals surface area contributed by atoms with Crippen molar-refractivity contribution in [2.75, 3.05) is 5.32 Å². The summed E-state index contributed by atoms with van der Waals surface area (Å²) in [5.41, 5.74) is 2.02. The molecule has 4 aromatic carbocycles. The van der Waals surface area contributed by atoms with Crippen LogP contribution in [0.25, 0.3) is 22.0 Å². The van der Waals surface area contributed by atoms with E-state index in [4.69, 9.17) is 0 Å². The zero-order chi connectivity index (χ0) is 28.3. The fraction of sp³-hybridized carbons (Fsp3) is 0.0938. The van der Waals surface area contributed by atoms with Gasteiger partial charge in [-0.1, -0.05) is 78.9 Å². The quantitative estimate of drug-likeness (QED) is 0.233. The molecule has 0 saturated carbocycles. The Morgan fingerprint density at radius 2 is 1.40 bits per heavy atom. The van der Waals surface area contributed by atoms with Crippen molar-refractivity contribution in [3.63, 3.8) is 0 Å². The Hall–Kier alpha value is -4.98. The predicted molar refractivity (Wildman–Crippen MR) is 149 cm³/mol. The van der Waals surface area contributed by atoms with Crippen LogP contribution >= 0.6 is 0 Å². The van der Waals surface area contributed by atoms with Crippen LogP contribution in [0, 0.1) is 0 Å². The number of anilines is 1. The molecule has 1 heterocycles. The van der Waals surface area contributed by atoms with Crippen LogP contribution in [0.3, 0.4) is 0 Å². The second-order valence-electron chi connectivity index (χ2n) is 9.26. The van der Waals surface area contributed by atoms with Gasteiger partial charge in [0.05, 0.1) is 22.7 Å². The molecule has 200 valence electrons.